The zero-order valence-electron chi connectivity index (χ0n) is 9.57. The van der Waals surface area contributed by atoms with Gasteiger partial charge in [0.05, 0.1) is 16.6 Å². The molecule has 2 heteroatoms. The van der Waals surface area contributed by atoms with E-state index in [2.05, 4.69) is 41.9 Å². The minimum Gasteiger partial charge on any atom is -0.247 e. The van der Waals surface area contributed by atoms with Crippen LogP contribution in [0.3, 0.4) is 0 Å². The molecule has 0 spiro atoms. The summed E-state index contributed by atoms with van der Waals surface area (Å²) in [7, 11) is 0. The highest BCUT2D eigenvalue weighted by molar-refractivity contribution is 6.23. The molecule has 0 radical (unpaired) electrons. The third-order valence-corrected chi connectivity index (χ3v) is 3.56. The average molecular weight is 228 g/mol. The summed E-state index contributed by atoms with van der Waals surface area (Å²) in [6, 6.07) is 14.6. The van der Waals surface area contributed by atoms with Gasteiger partial charge < -0.3 is 0 Å². The van der Waals surface area contributed by atoms with Gasteiger partial charge in [-0.1, -0.05) is 43.0 Å². The first-order valence-corrected chi connectivity index (χ1v) is 5.76. The zero-order valence-corrected chi connectivity index (χ0v) is 9.57. The largest absolute Gasteiger partial charge is 0.247 e. The third kappa shape index (κ3) is 0.906. The van der Waals surface area contributed by atoms with Crippen LogP contribution in [-0.4, -0.2) is 4.98 Å². The summed E-state index contributed by atoms with van der Waals surface area (Å²) in [5, 5.41) is 14.5. The molecule has 2 aliphatic rings. The molecule has 2 aromatic rings. The van der Waals surface area contributed by atoms with Gasteiger partial charge >= 0.3 is 0 Å². The van der Waals surface area contributed by atoms with Crippen LogP contribution in [0.5, 0.6) is 0 Å². The molecule has 82 valence electrons. The zero-order chi connectivity index (χ0) is 12.3. The normalized spacial score (nSPS) is 11.5. The van der Waals surface area contributed by atoms with Crippen molar-refractivity contribution in [3.8, 4) is 17.3 Å². The molecule has 1 heterocycles. The highest BCUT2D eigenvalue weighted by Crippen LogP contribution is 2.42. The molecule has 1 aliphatic carbocycles. The van der Waals surface area contributed by atoms with Gasteiger partial charge in [0.25, 0.3) is 0 Å². The molecular formula is C16H8N2. The predicted octanol–water partition coefficient (Wildman–Crippen LogP) is 2.93. The lowest BCUT2D eigenvalue weighted by Gasteiger charge is -1.97. The van der Waals surface area contributed by atoms with E-state index in [1.54, 1.807) is 0 Å². The van der Waals surface area contributed by atoms with Crippen molar-refractivity contribution < 1.29 is 0 Å². The molecule has 2 nitrogen and oxygen atoms in total. The van der Waals surface area contributed by atoms with Gasteiger partial charge in [-0.05, 0) is 16.2 Å². The summed E-state index contributed by atoms with van der Waals surface area (Å²) in [5.41, 5.74) is 2.46. The van der Waals surface area contributed by atoms with Crippen LogP contribution >= 0.6 is 0 Å². The van der Waals surface area contributed by atoms with Gasteiger partial charge in [0.15, 0.2) is 0 Å². The number of hydrogen-bond donors (Lipinski definition) is 0. The van der Waals surface area contributed by atoms with Crippen LogP contribution in [-0.2, 0) is 0 Å². The summed E-state index contributed by atoms with van der Waals surface area (Å²) in [6.07, 6.45) is 0. The Labute approximate surface area is 103 Å². The molecular weight excluding hydrogens is 220 g/mol. The second kappa shape index (κ2) is 2.96. The Bertz CT molecular complexity index is 941. The topological polar surface area (TPSA) is 36.7 Å². The van der Waals surface area contributed by atoms with Gasteiger partial charge in [-0.2, -0.15) is 5.26 Å². The lowest BCUT2D eigenvalue weighted by Crippen LogP contribution is -2.00. The van der Waals surface area contributed by atoms with Crippen molar-refractivity contribution in [2.75, 3.05) is 0 Å². The van der Waals surface area contributed by atoms with Gasteiger partial charge in [-0.15, -0.1) is 0 Å². The van der Waals surface area contributed by atoms with E-state index in [-0.39, 0.29) is 0 Å². The number of fused-ring (bicyclic) bond motifs is 3. The van der Waals surface area contributed by atoms with Crippen LogP contribution < -0.4 is 5.35 Å². The van der Waals surface area contributed by atoms with Crippen molar-refractivity contribution in [2.45, 2.75) is 0 Å². The van der Waals surface area contributed by atoms with Crippen molar-refractivity contribution in [2.24, 2.45) is 0 Å². The Kier molecular flexibility index (Phi) is 1.54. The molecule has 0 saturated heterocycles. The number of hydrogen-bond acceptors (Lipinski definition) is 2. The first kappa shape index (κ1) is 9.38. The van der Waals surface area contributed by atoms with Gasteiger partial charge in [-0.3, -0.25) is 0 Å². The second-order valence-electron chi connectivity index (χ2n) is 4.48. The molecule has 0 fully saturated rings. The fraction of sp³-hybridized carbons (Fsp3) is 0. The maximum atomic E-state index is 9.28. The van der Waals surface area contributed by atoms with Crippen LogP contribution in [0, 0.1) is 11.3 Å². The Balaban J connectivity index is 2.44. The molecule has 0 saturated carbocycles. The molecule has 4 rings (SSSR count). The maximum absolute atomic E-state index is 9.28. The molecule has 0 unspecified atom stereocenters. The van der Waals surface area contributed by atoms with Crippen molar-refractivity contribution in [3.63, 3.8) is 0 Å². The van der Waals surface area contributed by atoms with Gasteiger partial charge in [-0.25, -0.2) is 4.98 Å². The fourth-order valence-corrected chi connectivity index (χ4v) is 2.83. The molecule has 0 atom stereocenters. The Morgan fingerprint density at radius 3 is 2.50 bits per heavy atom. The van der Waals surface area contributed by atoms with Crippen molar-refractivity contribution in [1.82, 2.24) is 4.98 Å². The first-order valence-electron chi connectivity index (χ1n) is 5.76. The quantitative estimate of drug-likeness (QED) is 0.464. The SMILES string of the molecule is C=c1nc2c3cccc4cccc(c-2c1C#N)c43. The maximum Gasteiger partial charge on any atom is 0.102 e. The molecule has 0 bridgehead atoms. The van der Waals surface area contributed by atoms with E-state index in [0.717, 1.165) is 22.0 Å². The summed E-state index contributed by atoms with van der Waals surface area (Å²) in [6.45, 7) is 3.86. The van der Waals surface area contributed by atoms with Crippen LogP contribution in [0.4, 0.5) is 0 Å². The van der Waals surface area contributed by atoms with Gasteiger partial charge in [0.2, 0.25) is 0 Å². The van der Waals surface area contributed by atoms with E-state index < -0.39 is 0 Å². The van der Waals surface area contributed by atoms with E-state index >= 15 is 0 Å². The number of nitriles is 1. The Morgan fingerprint density at radius 2 is 1.78 bits per heavy atom. The van der Waals surface area contributed by atoms with Gasteiger partial charge in [0.1, 0.15) is 6.07 Å². The summed E-state index contributed by atoms with van der Waals surface area (Å²) in [5.74, 6) is 0. The number of benzene rings is 2. The number of rotatable bonds is 0. The Hall–Kier alpha value is -2.66. The fourth-order valence-electron chi connectivity index (χ4n) is 2.83. The summed E-state index contributed by atoms with van der Waals surface area (Å²) < 4.78 is 0. The van der Waals surface area contributed by atoms with Gasteiger partial charge in [0, 0.05) is 10.9 Å². The molecule has 2 aromatic carbocycles. The highest BCUT2D eigenvalue weighted by atomic mass is 14.7. The molecule has 1 aliphatic heterocycles. The lowest BCUT2D eigenvalue weighted by molar-refractivity contribution is 1.35. The molecule has 0 amide bonds. The Morgan fingerprint density at radius 1 is 1.06 bits per heavy atom. The van der Waals surface area contributed by atoms with Crippen molar-refractivity contribution in [1.29, 1.82) is 5.26 Å². The van der Waals surface area contributed by atoms with Crippen LogP contribution in [0.1, 0.15) is 5.56 Å². The van der Waals surface area contributed by atoms with E-state index in [1.807, 2.05) is 12.1 Å². The first-order chi connectivity index (χ1) is 8.81. The lowest BCUT2D eigenvalue weighted by atomic mass is 10.1. The number of aromatic nitrogens is 1. The highest BCUT2D eigenvalue weighted by Gasteiger charge is 2.22. The molecule has 18 heavy (non-hydrogen) atoms. The van der Waals surface area contributed by atoms with Crippen LogP contribution in [0.2, 0.25) is 0 Å². The van der Waals surface area contributed by atoms with Crippen LogP contribution in [0.25, 0.3) is 39.4 Å². The minimum absolute atomic E-state index is 0.578. The third-order valence-electron chi connectivity index (χ3n) is 3.56. The van der Waals surface area contributed by atoms with E-state index in [0.29, 0.717) is 10.9 Å². The van der Waals surface area contributed by atoms with Crippen molar-refractivity contribution >= 4 is 28.1 Å². The minimum atomic E-state index is 0.578. The molecule has 0 aromatic heterocycles. The van der Waals surface area contributed by atoms with Crippen LogP contribution in [0.15, 0.2) is 36.4 Å². The second-order valence-corrected chi connectivity index (χ2v) is 4.48. The molecule has 0 N–H and O–H groups in total. The predicted molar refractivity (Wildman–Crippen MR) is 72.5 cm³/mol. The standard InChI is InChI=1S/C16H8N2/c1-9-13(8-17)15-11-6-2-4-10-5-3-7-12(14(10)11)16(15)18-9/h2-7H,1H2. The monoisotopic (exact) mass is 228 g/mol. The average Bonchev–Trinajstić information content (AvgIpc) is 2.87. The summed E-state index contributed by atoms with van der Waals surface area (Å²) in [4.78, 5) is 4.47. The smallest absolute Gasteiger partial charge is 0.102 e. The van der Waals surface area contributed by atoms with E-state index in [4.69, 9.17) is 0 Å². The van der Waals surface area contributed by atoms with Crippen molar-refractivity contribution in [3.05, 3.63) is 47.3 Å². The van der Waals surface area contributed by atoms with E-state index in [1.165, 1.54) is 10.8 Å². The van der Waals surface area contributed by atoms with E-state index in [9.17, 15) is 5.26 Å². The number of nitrogens with zero attached hydrogens (tertiary/aromatic N) is 2. The summed E-state index contributed by atoms with van der Waals surface area (Å²) >= 11 is 0.